The topological polar surface area (TPSA) is 43.3 Å². The van der Waals surface area contributed by atoms with Crippen LogP contribution in [0.3, 0.4) is 0 Å². The van der Waals surface area contributed by atoms with E-state index >= 15 is 0 Å². The van der Waals surface area contributed by atoms with Gasteiger partial charge in [-0.25, -0.2) is 4.98 Å². The first kappa shape index (κ1) is 10.5. The summed E-state index contributed by atoms with van der Waals surface area (Å²) >= 11 is 6.14. The molecule has 2 aromatic heterocycles. The second kappa shape index (κ2) is 3.83. The minimum absolute atomic E-state index is 0.0706. The lowest BCUT2D eigenvalue weighted by atomic mass is 10.2. The fraction of sp³-hybridized carbons (Fsp3) is 0.364. The van der Waals surface area contributed by atoms with E-state index in [2.05, 4.69) is 11.9 Å². The quantitative estimate of drug-likeness (QED) is 0.796. The molecule has 0 radical (unpaired) electrons. The Hall–Kier alpha value is -1.06. The van der Waals surface area contributed by atoms with Gasteiger partial charge in [0.15, 0.2) is 0 Å². The standard InChI is InChI=1S/C11H14ClN3/c1-3-10-14-11(7(2)13)8-5-4-6-9(12)15(8)10/h4-7H,3,13H2,1-2H3. The zero-order valence-electron chi connectivity index (χ0n) is 8.87. The number of rotatable bonds is 2. The maximum atomic E-state index is 6.14. The van der Waals surface area contributed by atoms with E-state index in [1.165, 1.54) is 0 Å². The Labute approximate surface area is 93.9 Å². The first-order valence-electron chi connectivity index (χ1n) is 5.06. The van der Waals surface area contributed by atoms with Gasteiger partial charge in [0.05, 0.1) is 11.2 Å². The molecule has 4 heteroatoms. The molecule has 0 aliphatic carbocycles. The SMILES string of the molecule is CCc1nc(C(C)N)c2cccc(Cl)n12. The summed E-state index contributed by atoms with van der Waals surface area (Å²) < 4.78 is 1.96. The predicted octanol–water partition coefficient (Wildman–Crippen LogP) is 2.57. The van der Waals surface area contributed by atoms with E-state index < -0.39 is 0 Å². The van der Waals surface area contributed by atoms with Crippen molar-refractivity contribution in [1.29, 1.82) is 0 Å². The average molecular weight is 224 g/mol. The van der Waals surface area contributed by atoms with Crippen molar-refractivity contribution >= 4 is 17.1 Å². The number of aryl methyl sites for hydroxylation is 1. The second-order valence-corrected chi connectivity index (χ2v) is 4.01. The van der Waals surface area contributed by atoms with Gasteiger partial charge in [0.1, 0.15) is 11.0 Å². The van der Waals surface area contributed by atoms with Gasteiger partial charge >= 0.3 is 0 Å². The second-order valence-electron chi connectivity index (χ2n) is 3.62. The highest BCUT2D eigenvalue weighted by molar-refractivity contribution is 6.29. The fourth-order valence-corrected chi connectivity index (χ4v) is 2.02. The summed E-state index contributed by atoms with van der Waals surface area (Å²) in [5.41, 5.74) is 7.80. The molecule has 0 amide bonds. The highest BCUT2D eigenvalue weighted by atomic mass is 35.5. The molecule has 0 aliphatic heterocycles. The molecule has 1 unspecified atom stereocenters. The molecule has 0 aliphatic rings. The third-order valence-corrected chi connectivity index (χ3v) is 2.75. The summed E-state index contributed by atoms with van der Waals surface area (Å²) in [6.07, 6.45) is 0.845. The van der Waals surface area contributed by atoms with Crippen LogP contribution >= 0.6 is 11.6 Å². The van der Waals surface area contributed by atoms with Crippen molar-refractivity contribution in [1.82, 2.24) is 9.38 Å². The monoisotopic (exact) mass is 223 g/mol. The predicted molar refractivity (Wildman–Crippen MR) is 62.2 cm³/mol. The molecule has 0 aromatic carbocycles. The van der Waals surface area contributed by atoms with Crippen molar-refractivity contribution < 1.29 is 0 Å². The van der Waals surface area contributed by atoms with Gasteiger partial charge in [-0.3, -0.25) is 4.40 Å². The van der Waals surface area contributed by atoms with E-state index in [9.17, 15) is 0 Å². The number of nitrogens with two attached hydrogens (primary N) is 1. The fourth-order valence-electron chi connectivity index (χ4n) is 1.76. The van der Waals surface area contributed by atoms with Gasteiger partial charge in [-0.1, -0.05) is 24.6 Å². The van der Waals surface area contributed by atoms with Gasteiger partial charge in [-0.15, -0.1) is 0 Å². The number of hydrogen-bond acceptors (Lipinski definition) is 2. The third-order valence-electron chi connectivity index (χ3n) is 2.46. The molecular weight excluding hydrogens is 210 g/mol. The van der Waals surface area contributed by atoms with Crippen LogP contribution in [0.4, 0.5) is 0 Å². The number of imidazole rings is 1. The van der Waals surface area contributed by atoms with E-state index in [4.69, 9.17) is 17.3 Å². The molecule has 0 saturated carbocycles. The summed E-state index contributed by atoms with van der Waals surface area (Å²) in [4.78, 5) is 4.52. The molecular formula is C11H14ClN3. The summed E-state index contributed by atoms with van der Waals surface area (Å²) in [6, 6.07) is 5.71. The van der Waals surface area contributed by atoms with Gasteiger partial charge < -0.3 is 5.73 Å². The number of pyridine rings is 1. The van der Waals surface area contributed by atoms with Crippen LogP contribution in [0.1, 0.15) is 31.4 Å². The third kappa shape index (κ3) is 1.62. The highest BCUT2D eigenvalue weighted by Crippen LogP contribution is 2.22. The number of nitrogens with zero attached hydrogens (tertiary/aromatic N) is 2. The lowest BCUT2D eigenvalue weighted by Gasteiger charge is -2.02. The maximum Gasteiger partial charge on any atom is 0.114 e. The van der Waals surface area contributed by atoms with Crippen molar-refractivity contribution in [3.63, 3.8) is 0 Å². The summed E-state index contributed by atoms with van der Waals surface area (Å²) in [5.74, 6) is 0.961. The van der Waals surface area contributed by atoms with Crippen LogP contribution in [0.2, 0.25) is 5.15 Å². The zero-order valence-corrected chi connectivity index (χ0v) is 9.62. The van der Waals surface area contributed by atoms with Gasteiger partial charge in [0.2, 0.25) is 0 Å². The first-order chi connectivity index (χ1) is 7.15. The van der Waals surface area contributed by atoms with E-state index in [-0.39, 0.29) is 6.04 Å². The summed E-state index contributed by atoms with van der Waals surface area (Å²) in [6.45, 7) is 3.99. The summed E-state index contributed by atoms with van der Waals surface area (Å²) in [7, 11) is 0. The maximum absolute atomic E-state index is 6.14. The molecule has 0 saturated heterocycles. The van der Waals surface area contributed by atoms with Crippen LogP contribution in [0.5, 0.6) is 0 Å². The summed E-state index contributed by atoms with van der Waals surface area (Å²) in [5, 5.41) is 0.684. The van der Waals surface area contributed by atoms with Crippen LogP contribution in [0, 0.1) is 0 Å². The van der Waals surface area contributed by atoms with Gasteiger partial charge in [-0.05, 0) is 19.1 Å². The molecule has 2 aromatic rings. The van der Waals surface area contributed by atoms with E-state index in [0.717, 1.165) is 23.5 Å². The van der Waals surface area contributed by atoms with Crippen molar-refractivity contribution in [3.05, 3.63) is 34.9 Å². The molecule has 2 N–H and O–H groups in total. The molecule has 0 spiro atoms. The lowest BCUT2D eigenvalue weighted by Crippen LogP contribution is -2.05. The van der Waals surface area contributed by atoms with Gasteiger partial charge in [0, 0.05) is 12.5 Å². The molecule has 15 heavy (non-hydrogen) atoms. The van der Waals surface area contributed by atoms with Crippen LogP contribution < -0.4 is 5.73 Å². The van der Waals surface area contributed by atoms with Crippen molar-refractivity contribution in [2.75, 3.05) is 0 Å². The Balaban J connectivity index is 2.81. The number of fused-ring (bicyclic) bond motifs is 1. The average Bonchev–Trinajstić information content (AvgIpc) is 2.58. The van der Waals surface area contributed by atoms with Gasteiger partial charge in [0.25, 0.3) is 0 Å². The molecule has 2 heterocycles. The van der Waals surface area contributed by atoms with Crippen LogP contribution in [-0.2, 0) is 6.42 Å². The smallest absolute Gasteiger partial charge is 0.114 e. The molecule has 0 fully saturated rings. The number of aromatic nitrogens is 2. The van der Waals surface area contributed by atoms with Crippen molar-refractivity contribution in [3.8, 4) is 0 Å². The molecule has 0 bridgehead atoms. The highest BCUT2D eigenvalue weighted by Gasteiger charge is 2.14. The van der Waals surface area contributed by atoms with E-state index in [1.54, 1.807) is 0 Å². The number of halogens is 1. The van der Waals surface area contributed by atoms with Crippen LogP contribution in [-0.4, -0.2) is 9.38 Å². The normalized spacial score (nSPS) is 13.3. The van der Waals surface area contributed by atoms with Crippen LogP contribution in [0.25, 0.3) is 5.52 Å². The van der Waals surface area contributed by atoms with Crippen molar-refractivity contribution in [2.45, 2.75) is 26.3 Å². The van der Waals surface area contributed by atoms with E-state index in [0.29, 0.717) is 5.15 Å². The van der Waals surface area contributed by atoms with Crippen LogP contribution in [0.15, 0.2) is 18.2 Å². The first-order valence-corrected chi connectivity index (χ1v) is 5.44. The van der Waals surface area contributed by atoms with Gasteiger partial charge in [-0.2, -0.15) is 0 Å². The largest absolute Gasteiger partial charge is 0.323 e. The molecule has 1 atom stereocenters. The minimum atomic E-state index is -0.0706. The Kier molecular flexibility index (Phi) is 2.67. The molecule has 3 nitrogen and oxygen atoms in total. The van der Waals surface area contributed by atoms with Crippen molar-refractivity contribution in [2.24, 2.45) is 5.73 Å². The Morgan fingerprint density at radius 2 is 2.27 bits per heavy atom. The minimum Gasteiger partial charge on any atom is -0.323 e. The lowest BCUT2D eigenvalue weighted by molar-refractivity contribution is 0.788. The Morgan fingerprint density at radius 1 is 1.53 bits per heavy atom. The number of hydrogen-bond donors (Lipinski definition) is 1. The van der Waals surface area contributed by atoms with E-state index in [1.807, 2.05) is 29.5 Å². The Bertz CT molecular complexity index is 488. The molecule has 80 valence electrons. The zero-order chi connectivity index (χ0) is 11.0. The Morgan fingerprint density at radius 3 is 2.87 bits per heavy atom. The molecule has 2 rings (SSSR count).